The van der Waals surface area contributed by atoms with Crippen LogP contribution in [0.25, 0.3) is 0 Å². The van der Waals surface area contributed by atoms with E-state index in [-0.39, 0.29) is 18.3 Å². The summed E-state index contributed by atoms with van der Waals surface area (Å²) < 4.78 is 7.70. The number of piperidine rings is 1. The van der Waals surface area contributed by atoms with Crippen LogP contribution < -0.4 is 15.4 Å². The van der Waals surface area contributed by atoms with Crippen LogP contribution in [0.15, 0.2) is 67.0 Å². The van der Waals surface area contributed by atoms with Gasteiger partial charge in [0.25, 0.3) is 5.91 Å². The van der Waals surface area contributed by atoms with Gasteiger partial charge in [0.15, 0.2) is 0 Å². The molecule has 7 heteroatoms. The molecule has 0 unspecified atom stereocenters. The number of para-hydroxylation sites is 1. The summed E-state index contributed by atoms with van der Waals surface area (Å²) in [5.74, 6) is 0.806. The van der Waals surface area contributed by atoms with Crippen LogP contribution >= 0.6 is 12.4 Å². The van der Waals surface area contributed by atoms with E-state index in [4.69, 9.17) is 4.74 Å². The molecule has 2 aromatic carbocycles. The zero-order valence-electron chi connectivity index (χ0n) is 17.0. The number of hydrogen-bond donors (Lipinski definition) is 2. The largest absolute Gasteiger partial charge is 0.489 e. The third-order valence-corrected chi connectivity index (χ3v) is 5.63. The first-order valence-electron chi connectivity index (χ1n) is 9.98. The van der Waals surface area contributed by atoms with Crippen molar-refractivity contribution in [3.05, 3.63) is 78.1 Å². The molecule has 0 radical (unpaired) electrons. The smallest absolute Gasteiger partial charge is 0.252 e. The average Bonchev–Trinajstić information content (AvgIpc) is 3.31. The van der Waals surface area contributed by atoms with Gasteiger partial charge in [-0.15, -0.1) is 12.4 Å². The monoisotopic (exact) mass is 426 g/mol. The van der Waals surface area contributed by atoms with Crippen molar-refractivity contribution in [2.45, 2.75) is 31.9 Å². The minimum atomic E-state index is -0.669. The van der Waals surface area contributed by atoms with Gasteiger partial charge in [-0.1, -0.05) is 30.3 Å². The van der Waals surface area contributed by atoms with E-state index in [1.54, 1.807) is 10.9 Å². The lowest BCUT2D eigenvalue weighted by molar-refractivity contribution is -0.126. The first-order valence-corrected chi connectivity index (χ1v) is 9.98. The standard InChI is InChI=1S/C23H26N4O2.ClH/c1-18-19(17-29-20-8-3-2-4-9-20)7-5-10-21(18)26-22(28)23(11-14-24-15-12-23)27-16-6-13-25-27;/h2-10,13,16,24H,11-12,14-15,17H2,1H3,(H,26,28);1H. The summed E-state index contributed by atoms with van der Waals surface area (Å²) in [6.45, 7) is 4.05. The summed E-state index contributed by atoms with van der Waals surface area (Å²) in [4.78, 5) is 13.4. The van der Waals surface area contributed by atoms with E-state index in [0.717, 1.165) is 35.7 Å². The Kier molecular flexibility index (Phi) is 7.13. The predicted octanol–water partition coefficient (Wildman–Crippen LogP) is 3.91. The Morgan fingerprint density at radius 2 is 1.90 bits per heavy atom. The molecule has 1 saturated heterocycles. The van der Waals surface area contributed by atoms with Gasteiger partial charge < -0.3 is 15.4 Å². The number of amides is 1. The Bertz CT molecular complexity index is 955. The Morgan fingerprint density at radius 1 is 1.13 bits per heavy atom. The van der Waals surface area contributed by atoms with Crippen molar-refractivity contribution in [3.63, 3.8) is 0 Å². The topological polar surface area (TPSA) is 68.2 Å². The van der Waals surface area contributed by atoms with Gasteiger partial charge in [0.2, 0.25) is 0 Å². The van der Waals surface area contributed by atoms with Crippen molar-refractivity contribution in [2.24, 2.45) is 0 Å². The molecule has 0 spiro atoms. The van der Waals surface area contributed by atoms with Crippen LogP contribution in [0, 0.1) is 6.92 Å². The molecule has 3 aromatic rings. The highest BCUT2D eigenvalue weighted by Gasteiger charge is 2.42. The molecule has 30 heavy (non-hydrogen) atoms. The molecule has 2 heterocycles. The van der Waals surface area contributed by atoms with Gasteiger partial charge in [-0.2, -0.15) is 5.10 Å². The van der Waals surface area contributed by atoms with Gasteiger partial charge >= 0.3 is 0 Å². The van der Waals surface area contributed by atoms with Gasteiger partial charge in [0, 0.05) is 18.1 Å². The highest BCUT2D eigenvalue weighted by atomic mass is 35.5. The van der Waals surface area contributed by atoms with Crippen molar-refractivity contribution in [1.82, 2.24) is 15.1 Å². The number of hydrogen-bond acceptors (Lipinski definition) is 4. The van der Waals surface area contributed by atoms with Crippen LogP contribution in [-0.2, 0) is 16.9 Å². The summed E-state index contributed by atoms with van der Waals surface area (Å²) in [5, 5.41) is 10.9. The summed E-state index contributed by atoms with van der Waals surface area (Å²) >= 11 is 0. The van der Waals surface area contributed by atoms with Gasteiger partial charge in [0.1, 0.15) is 17.9 Å². The molecule has 1 amide bonds. The lowest BCUT2D eigenvalue weighted by Gasteiger charge is -2.36. The zero-order valence-corrected chi connectivity index (χ0v) is 17.8. The molecule has 1 fully saturated rings. The SMILES string of the molecule is Cc1c(COc2ccccc2)cccc1NC(=O)C1(n2cccn2)CCNCC1.Cl. The summed E-state index contributed by atoms with van der Waals surface area (Å²) in [7, 11) is 0. The minimum absolute atomic E-state index is 0. The van der Waals surface area contributed by atoms with Gasteiger partial charge in [-0.3, -0.25) is 9.48 Å². The molecule has 0 bridgehead atoms. The highest BCUT2D eigenvalue weighted by Crippen LogP contribution is 2.30. The maximum absolute atomic E-state index is 13.4. The number of benzene rings is 2. The minimum Gasteiger partial charge on any atom is -0.489 e. The lowest BCUT2D eigenvalue weighted by Crippen LogP contribution is -2.52. The van der Waals surface area contributed by atoms with E-state index in [1.165, 1.54) is 0 Å². The molecule has 158 valence electrons. The quantitative estimate of drug-likeness (QED) is 0.627. The number of rotatable bonds is 6. The summed E-state index contributed by atoms with van der Waals surface area (Å²) in [6.07, 6.45) is 5.01. The number of aromatic nitrogens is 2. The van der Waals surface area contributed by atoms with E-state index < -0.39 is 5.54 Å². The number of halogens is 1. The van der Waals surface area contributed by atoms with Crippen LogP contribution in [0.3, 0.4) is 0 Å². The number of carbonyl (C=O) groups is 1. The second-order valence-electron chi connectivity index (χ2n) is 7.38. The Hall–Kier alpha value is -2.83. The second-order valence-corrected chi connectivity index (χ2v) is 7.38. The molecular formula is C23H27ClN4O2. The number of nitrogens with zero attached hydrogens (tertiary/aromatic N) is 2. The fourth-order valence-electron chi connectivity index (χ4n) is 3.81. The van der Waals surface area contributed by atoms with Crippen molar-refractivity contribution >= 4 is 24.0 Å². The maximum atomic E-state index is 13.4. The van der Waals surface area contributed by atoms with Crippen LogP contribution in [-0.4, -0.2) is 28.8 Å². The van der Waals surface area contributed by atoms with E-state index in [2.05, 4.69) is 15.7 Å². The van der Waals surface area contributed by atoms with Crippen molar-refractivity contribution < 1.29 is 9.53 Å². The molecule has 2 N–H and O–H groups in total. The fourth-order valence-corrected chi connectivity index (χ4v) is 3.81. The van der Waals surface area contributed by atoms with Crippen LogP contribution in [0.2, 0.25) is 0 Å². The fraction of sp³-hybridized carbons (Fsp3) is 0.304. The van der Waals surface area contributed by atoms with E-state index in [0.29, 0.717) is 19.4 Å². The van der Waals surface area contributed by atoms with E-state index >= 15 is 0 Å². The van der Waals surface area contributed by atoms with Crippen molar-refractivity contribution in [3.8, 4) is 5.75 Å². The molecule has 1 aliphatic rings. The molecule has 0 saturated carbocycles. The van der Waals surface area contributed by atoms with Crippen LogP contribution in [0.1, 0.15) is 24.0 Å². The molecule has 0 aliphatic carbocycles. The molecule has 4 rings (SSSR count). The molecule has 6 nitrogen and oxygen atoms in total. The first kappa shape index (κ1) is 21.9. The number of nitrogens with one attached hydrogen (secondary N) is 2. The Morgan fingerprint density at radius 3 is 2.60 bits per heavy atom. The highest BCUT2D eigenvalue weighted by molar-refractivity contribution is 5.97. The number of carbonyl (C=O) groups excluding carboxylic acids is 1. The van der Waals surface area contributed by atoms with Crippen molar-refractivity contribution in [2.75, 3.05) is 18.4 Å². The maximum Gasteiger partial charge on any atom is 0.252 e. The third kappa shape index (κ3) is 4.50. The normalized spacial score (nSPS) is 15.1. The zero-order chi connectivity index (χ0) is 20.1. The Labute approximate surface area is 183 Å². The number of ether oxygens (including phenoxy) is 1. The van der Waals surface area contributed by atoms with E-state index in [1.807, 2.05) is 67.7 Å². The van der Waals surface area contributed by atoms with Gasteiger partial charge in [0.05, 0.1) is 0 Å². The molecule has 0 atom stereocenters. The second kappa shape index (κ2) is 9.78. The van der Waals surface area contributed by atoms with Crippen molar-refractivity contribution in [1.29, 1.82) is 0 Å². The lowest BCUT2D eigenvalue weighted by atomic mass is 9.87. The van der Waals surface area contributed by atoms with Crippen LogP contribution in [0.5, 0.6) is 5.75 Å². The molecule has 1 aromatic heterocycles. The Balaban J connectivity index is 0.00000256. The third-order valence-electron chi connectivity index (χ3n) is 5.63. The van der Waals surface area contributed by atoms with Gasteiger partial charge in [-0.05, 0) is 68.2 Å². The average molecular weight is 427 g/mol. The number of anilines is 1. The summed E-state index contributed by atoms with van der Waals surface area (Å²) in [5.41, 5.74) is 2.21. The van der Waals surface area contributed by atoms with Gasteiger partial charge in [-0.25, -0.2) is 0 Å². The molecule has 1 aliphatic heterocycles. The van der Waals surface area contributed by atoms with Crippen LogP contribution in [0.4, 0.5) is 5.69 Å². The van der Waals surface area contributed by atoms with E-state index in [9.17, 15) is 4.79 Å². The first-order chi connectivity index (χ1) is 14.2. The predicted molar refractivity (Wildman–Crippen MR) is 120 cm³/mol. The summed E-state index contributed by atoms with van der Waals surface area (Å²) in [6, 6.07) is 17.5. The molecular weight excluding hydrogens is 400 g/mol.